The maximum absolute atomic E-state index is 13.7. The van der Waals surface area contributed by atoms with E-state index >= 15 is 0 Å². The Labute approximate surface area is 209 Å². The minimum absolute atomic E-state index is 0.177. The van der Waals surface area contributed by atoms with Gasteiger partial charge in [-0.2, -0.15) is 10.2 Å². The van der Waals surface area contributed by atoms with Crippen molar-refractivity contribution >= 4 is 16.4 Å². The third-order valence-electron chi connectivity index (χ3n) is 6.96. The molecule has 182 valence electrons. The van der Waals surface area contributed by atoms with Gasteiger partial charge in [0.2, 0.25) is 0 Å². The molecule has 0 radical (unpaired) electrons. The van der Waals surface area contributed by atoms with Gasteiger partial charge < -0.3 is 4.90 Å². The van der Waals surface area contributed by atoms with E-state index in [9.17, 15) is 4.79 Å². The molecule has 0 aliphatic carbocycles. The summed E-state index contributed by atoms with van der Waals surface area (Å²) in [6, 6.07) is 22.1. The Morgan fingerprint density at radius 3 is 2.28 bits per heavy atom. The fraction of sp³-hybridized carbons (Fsp3) is 0.286. The maximum Gasteiger partial charge on any atom is 0.293 e. The van der Waals surface area contributed by atoms with Crippen LogP contribution in [0.5, 0.6) is 0 Å². The summed E-state index contributed by atoms with van der Waals surface area (Å²) in [5.74, 6) is 0.680. The topological polar surface area (TPSA) is 71.6 Å². The van der Waals surface area contributed by atoms with Crippen LogP contribution in [0.25, 0.3) is 27.7 Å². The lowest BCUT2D eigenvalue weighted by Crippen LogP contribution is -2.44. The molecule has 4 heterocycles. The van der Waals surface area contributed by atoms with Crippen molar-refractivity contribution in [1.29, 1.82) is 0 Å². The Balaban J connectivity index is 1.55. The van der Waals surface area contributed by atoms with E-state index in [0.717, 1.165) is 59.6 Å². The highest BCUT2D eigenvalue weighted by Gasteiger charge is 2.22. The van der Waals surface area contributed by atoms with Gasteiger partial charge in [-0.05, 0) is 25.6 Å². The Hall–Kier alpha value is -3.88. The van der Waals surface area contributed by atoms with Crippen LogP contribution >= 0.6 is 0 Å². The first kappa shape index (κ1) is 22.6. The number of likely N-dealkylation sites (N-methyl/N-ethyl adjacent to an activating group) is 1. The summed E-state index contributed by atoms with van der Waals surface area (Å²) >= 11 is 0. The predicted octanol–water partition coefficient (Wildman–Crippen LogP) is 3.21. The van der Waals surface area contributed by atoms with E-state index < -0.39 is 0 Å². The highest BCUT2D eigenvalue weighted by atomic mass is 16.1. The van der Waals surface area contributed by atoms with Crippen LogP contribution in [0.1, 0.15) is 17.1 Å². The molecule has 0 saturated carbocycles. The van der Waals surface area contributed by atoms with E-state index in [1.54, 1.807) is 4.68 Å². The van der Waals surface area contributed by atoms with Crippen LogP contribution in [0.2, 0.25) is 0 Å². The molecule has 0 amide bonds. The van der Waals surface area contributed by atoms with Crippen molar-refractivity contribution < 1.29 is 0 Å². The Morgan fingerprint density at radius 2 is 1.56 bits per heavy atom. The van der Waals surface area contributed by atoms with Gasteiger partial charge in [0.1, 0.15) is 11.3 Å². The second-order valence-corrected chi connectivity index (χ2v) is 9.55. The van der Waals surface area contributed by atoms with Gasteiger partial charge in [0, 0.05) is 38.3 Å². The lowest BCUT2D eigenvalue weighted by Gasteiger charge is -2.32. The molecule has 1 aliphatic heterocycles. The van der Waals surface area contributed by atoms with Gasteiger partial charge in [-0.1, -0.05) is 60.7 Å². The van der Waals surface area contributed by atoms with Crippen LogP contribution in [0.15, 0.2) is 71.5 Å². The summed E-state index contributed by atoms with van der Waals surface area (Å²) in [5.41, 5.74) is 4.93. The fourth-order valence-electron chi connectivity index (χ4n) is 4.94. The van der Waals surface area contributed by atoms with Crippen molar-refractivity contribution in [2.75, 3.05) is 33.2 Å². The van der Waals surface area contributed by atoms with E-state index in [1.807, 2.05) is 72.1 Å². The quantitative estimate of drug-likeness (QED) is 0.386. The largest absolute Gasteiger partial charge is 0.304 e. The predicted molar refractivity (Wildman–Crippen MR) is 141 cm³/mol. The molecule has 8 nitrogen and oxygen atoms in total. The number of hydrogen-bond acceptors (Lipinski definition) is 6. The lowest BCUT2D eigenvalue weighted by molar-refractivity contribution is 0.146. The zero-order chi connectivity index (χ0) is 24.6. The third-order valence-corrected chi connectivity index (χ3v) is 6.96. The number of aryl methyl sites for hydroxylation is 1. The normalized spacial score (nSPS) is 15.2. The molecule has 1 aliphatic rings. The summed E-state index contributed by atoms with van der Waals surface area (Å²) in [7, 11) is 2.15. The molecule has 5 aromatic rings. The van der Waals surface area contributed by atoms with Gasteiger partial charge in [-0.15, -0.1) is 0 Å². The summed E-state index contributed by atoms with van der Waals surface area (Å²) < 4.78 is 3.42. The first-order valence-corrected chi connectivity index (χ1v) is 12.4. The second-order valence-electron chi connectivity index (χ2n) is 9.55. The molecule has 1 saturated heterocycles. The second kappa shape index (κ2) is 9.29. The summed E-state index contributed by atoms with van der Waals surface area (Å²) in [6.45, 7) is 6.91. The number of nitrogens with zero attached hydrogens (tertiary/aromatic N) is 7. The number of piperazine rings is 1. The zero-order valence-corrected chi connectivity index (χ0v) is 20.6. The zero-order valence-electron chi connectivity index (χ0n) is 20.6. The van der Waals surface area contributed by atoms with E-state index in [1.165, 1.54) is 0 Å². The van der Waals surface area contributed by atoms with Gasteiger partial charge in [-0.3, -0.25) is 9.69 Å². The maximum atomic E-state index is 13.7. The van der Waals surface area contributed by atoms with Crippen molar-refractivity contribution in [2.45, 2.75) is 20.0 Å². The van der Waals surface area contributed by atoms with Crippen LogP contribution in [-0.2, 0) is 13.1 Å². The van der Waals surface area contributed by atoms with Crippen molar-refractivity contribution in [1.82, 2.24) is 34.2 Å². The van der Waals surface area contributed by atoms with Crippen LogP contribution in [0.3, 0.4) is 0 Å². The molecular weight excluding hydrogens is 450 g/mol. The lowest BCUT2D eigenvalue weighted by atomic mass is 10.1. The molecule has 0 unspecified atom stereocenters. The molecule has 1 fully saturated rings. The summed E-state index contributed by atoms with van der Waals surface area (Å²) in [4.78, 5) is 23.2. The van der Waals surface area contributed by atoms with Crippen LogP contribution in [0, 0.1) is 6.92 Å². The highest BCUT2D eigenvalue weighted by Crippen LogP contribution is 2.27. The molecule has 3 aromatic heterocycles. The molecule has 36 heavy (non-hydrogen) atoms. The van der Waals surface area contributed by atoms with Gasteiger partial charge in [0.15, 0.2) is 0 Å². The number of rotatable bonds is 5. The first-order chi connectivity index (χ1) is 17.6. The number of aromatic nitrogens is 5. The molecule has 8 heteroatoms. The number of fused-ring (bicyclic) bond motifs is 3. The van der Waals surface area contributed by atoms with Crippen LogP contribution in [0.4, 0.5) is 0 Å². The minimum atomic E-state index is -0.177. The van der Waals surface area contributed by atoms with E-state index in [-0.39, 0.29) is 5.56 Å². The third kappa shape index (κ3) is 4.19. The standard InChI is InChI=1S/C28H29N7O/c1-20-29-27-26(25-17-23(31-35(20)25)22-11-7-4-8-12-22)24(19-33-15-13-32(2)14-16-33)30-34(28(27)36)18-21-9-5-3-6-10-21/h3-12,17H,13-16,18-19H2,1-2H3. The molecule has 0 spiro atoms. The van der Waals surface area contributed by atoms with Crippen molar-refractivity contribution in [3.8, 4) is 11.3 Å². The molecule has 6 rings (SSSR count). The highest BCUT2D eigenvalue weighted by molar-refractivity contribution is 5.96. The van der Waals surface area contributed by atoms with Gasteiger partial charge in [0.05, 0.1) is 28.8 Å². The summed E-state index contributed by atoms with van der Waals surface area (Å²) in [6.07, 6.45) is 0. The molecule has 0 atom stereocenters. The SMILES string of the molecule is Cc1nc2c(=O)n(Cc3ccccc3)nc(CN3CCN(C)CC3)c2c2cc(-c3ccccc3)nn12. The average Bonchev–Trinajstić information content (AvgIpc) is 3.35. The van der Waals surface area contributed by atoms with Gasteiger partial charge in [-0.25, -0.2) is 14.2 Å². The molecule has 2 aromatic carbocycles. The molecule has 0 N–H and O–H groups in total. The Morgan fingerprint density at radius 1 is 0.861 bits per heavy atom. The monoisotopic (exact) mass is 479 g/mol. The van der Waals surface area contributed by atoms with Gasteiger partial charge >= 0.3 is 0 Å². The number of benzene rings is 2. The van der Waals surface area contributed by atoms with Crippen molar-refractivity contribution in [3.05, 3.63) is 94.2 Å². The van der Waals surface area contributed by atoms with E-state index in [2.05, 4.69) is 22.9 Å². The van der Waals surface area contributed by atoms with E-state index in [4.69, 9.17) is 15.2 Å². The van der Waals surface area contributed by atoms with Crippen molar-refractivity contribution in [2.24, 2.45) is 0 Å². The molecule has 0 bridgehead atoms. The Kier molecular flexibility index (Phi) is 5.83. The van der Waals surface area contributed by atoms with Crippen LogP contribution in [-0.4, -0.2) is 67.4 Å². The fourth-order valence-corrected chi connectivity index (χ4v) is 4.94. The first-order valence-electron chi connectivity index (χ1n) is 12.4. The average molecular weight is 480 g/mol. The van der Waals surface area contributed by atoms with E-state index in [0.29, 0.717) is 24.4 Å². The number of hydrogen-bond donors (Lipinski definition) is 0. The molecular formula is C28H29N7O. The smallest absolute Gasteiger partial charge is 0.293 e. The Bertz CT molecular complexity index is 1580. The summed E-state index contributed by atoms with van der Waals surface area (Å²) in [5, 5.41) is 10.6. The van der Waals surface area contributed by atoms with Crippen molar-refractivity contribution in [3.63, 3.8) is 0 Å². The van der Waals surface area contributed by atoms with Crippen LogP contribution < -0.4 is 5.56 Å². The van der Waals surface area contributed by atoms with Gasteiger partial charge in [0.25, 0.3) is 5.56 Å². The minimum Gasteiger partial charge on any atom is -0.304 e.